The molecule has 1 heterocycles. The lowest BCUT2D eigenvalue weighted by Gasteiger charge is -2.20. The number of hydrogen-bond acceptors (Lipinski definition) is 1. The molecule has 1 aliphatic rings. The number of nitrogens with one attached hydrogen (secondary N) is 1. The molecule has 0 aromatic carbocycles. The Hall–Kier alpha value is -0.0400. The molecule has 1 aliphatic heterocycles. The summed E-state index contributed by atoms with van der Waals surface area (Å²) in [5, 5.41) is 3.56. The van der Waals surface area contributed by atoms with E-state index in [2.05, 4.69) is 19.2 Å². The van der Waals surface area contributed by atoms with Crippen molar-refractivity contribution in [1.82, 2.24) is 5.32 Å². The van der Waals surface area contributed by atoms with E-state index in [1.165, 1.54) is 32.2 Å². The Morgan fingerprint density at radius 1 is 1.40 bits per heavy atom. The fourth-order valence-corrected chi connectivity index (χ4v) is 1.97. The molecule has 1 heteroatoms. The van der Waals surface area contributed by atoms with Gasteiger partial charge < -0.3 is 5.32 Å². The van der Waals surface area contributed by atoms with Crippen molar-refractivity contribution in [3.63, 3.8) is 0 Å². The van der Waals surface area contributed by atoms with Gasteiger partial charge in [0.25, 0.3) is 0 Å². The van der Waals surface area contributed by atoms with Crippen LogP contribution in [0.5, 0.6) is 0 Å². The highest BCUT2D eigenvalue weighted by Gasteiger charge is 2.20. The summed E-state index contributed by atoms with van der Waals surface area (Å²) in [6.45, 7) is 5.85. The third-order valence-corrected chi connectivity index (χ3v) is 2.72. The predicted molar refractivity (Wildman–Crippen MR) is 45.1 cm³/mol. The van der Waals surface area contributed by atoms with Gasteiger partial charge in [-0.05, 0) is 25.3 Å². The van der Waals surface area contributed by atoms with Crippen LogP contribution in [0.2, 0.25) is 0 Å². The normalized spacial score (nSPS) is 26.1. The molecular weight excluding hydrogens is 122 g/mol. The van der Waals surface area contributed by atoms with Crippen molar-refractivity contribution in [3.8, 4) is 0 Å². The van der Waals surface area contributed by atoms with Crippen molar-refractivity contribution >= 4 is 0 Å². The third-order valence-electron chi connectivity index (χ3n) is 2.72. The molecule has 0 aromatic heterocycles. The van der Waals surface area contributed by atoms with Gasteiger partial charge in [-0.2, -0.15) is 0 Å². The molecule has 0 aromatic rings. The quantitative estimate of drug-likeness (QED) is 0.635. The van der Waals surface area contributed by atoms with Crippen LogP contribution in [-0.2, 0) is 0 Å². The molecular formula is C9H19N. The fourth-order valence-electron chi connectivity index (χ4n) is 1.97. The first-order valence-electron chi connectivity index (χ1n) is 4.61. The molecule has 1 N–H and O–H groups in total. The van der Waals surface area contributed by atoms with Crippen molar-refractivity contribution in [2.24, 2.45) is 5.92 Å². The maximum absolute atomic E-state index is 3.56. The second-order valence-corrected chi connectivity index (χ2v) is 3.28. The highest BCUT2D eigenvalue weighted by Crippen LogP contribution is 2.20. The van der Waals surface area contributed by atoms with E-state index in [1.807, 2.05) is 0 Å². The van der Waals surface area contributed by atoms with Crippen molar-refractivity contribution in [2.45, 2.75) is 45.6 Å². The van der Waals surface area contributed by atoms with Crippen molar-refractivity contribution in [2.75, 3.05) is 6.54 Å². The zero-order valence-electron chi connectivity index (χ0n) is 7.19. The van der Waals surface area contributed by atoms with Gasteiger partial charge in [-0.1, -0.05) is 26.7 Å². The van der Waals surface area contributed by atoms with Crippen LogP contribution in [0.4, 0.5) is 0 Å². The molecule has 10 heavy (non-hydrogen) atoms. The van der Waals surface area contributed by atoms with Gasteiger partial charge in [0.15, 0.2) is 0 Å². The molecule has 1 rings (SSSR count). The zero-order valence-corrected chi connectivity index (χ0v) is 7.19. The van der Waals surface area contributed by atoms with Gasteiger partial charge in [0.2, 0.25) is 0 Å². The first-order valence-corrected chi connectivity index (χ1v) is 4.61. The molecule has 0 amide bonds. The molecule has 0 bridgehead atoms. The molecule has 1 fully saturated rings. The average molecular weight is 141 g/mol. The Morgan fingerprint density at radius 2 is 2.10 bits per heavy atom. The Morgan fingerprint density at radius 3 is 2.50 bits per heavy atom. The summed E-state index contributed by atoms with van der Waals surface area (Å²) in [6.07, 6.45) is 5.48. The van der Waals surface area contributed by atoms with Crippen LogP contribution in [0.1, 0.15) is 39.5 Å². The van der Waals surface area contributed by atoms with Crippen LogP contribution >= 0.6 is 0 Å². The highest BCUT2D eigenvalue weighted by atomic mass is 14.9. The van der Waals surface area contributed by atoms with Crippen molar-refractivity contribution < 1.29 is 0 Å². The van der Waals surface area contributed by atoms with Crippen molar-refractivity contribution in [3.05, 3.63) is 0 Å². The number of rotatable bonds is 3. The van der Waals surface area contributed by atoms with Gasteiger partial charge in [0, 0.05) is 6.04 Å². The van der Waals surface area contributed by atoms with E-state index in [4.69, 9.17) is 0 Å². The van der Waals surface area contributed by atoms with E-state index in [-0.39, 0.29) is 0 Å². The first kappa shape index (κ1) is 8.06. The van der Waals surface area contributed by atoms with E-state index in [1.54, 1.807) is 0 Å². The van der Waals surface area contributed by atoms with E-state index < -0.39 is 0 Å². The average Bonchev–Trinajstić information content (AvgIpc) is 2.43. The molecule has 1 saturated heterocycles. The second kappa shape index (κ2) is 3.97. The smallest absolute Gasteiger partial charge is 0.00955 e. The molecule has 1 atom stereocenters. The topological polar surface area (TPSA) is 12.0 Å². The van der Waals surface area contributed by atoms with Gasteiger partial charge in [-0.25, -0.2) is 0 Å². The van der Waals surface area contributed by atoms with Crippen LogP contribution in [0.15, 0.2) is 0 Å². The predicted octanol–water partition coefficient (Wildman–Crippen LogP) is 2.17. The minimum Gasteiger partial charge on any atom is -0.314 e. The van der Waals surface area contributed by atoms with E-state index in [9.17, 15) is 0 Å². The van der Waals surface area contributed by atoms with Crippen LogP contribution in [-0.4, -0.2) is 12.6 Å². The van der Waals surface area contributed by atoms with E-state index in [0.717, 1.165) is 12.0 Å². The Labute approximate surface area is 64.2 Å². The lowest BCUT2D eigenvalue weighted by Crippen LogP contribution is -2.29. The van der Waals surface area contributed by atoms with Crippen LogP contribution < -0.4 is 5.32 Å². The summed E-state index contributed by atoms with van der Waals surface area (Å²) in [5.74, 6) is 0.933. The van der Waals surface area contributed by atoms with Gasteiger partial charge in [0.1, 0.15) is 0 Å². The second-order valence-electron chi connectivity index (χ2n) is 3.28. The van der Waals surface area contributed by atoms with Crippen LogP contribution in [0.25, 0.3) is 0 Å². The van der Waals surface area contributed by atoms with Crippen LogP contribution in [0, 0.1) is 5.92 Å². The molecule has 1 nitrogen and oxygen atoms in total. The third kappa shape index (κ3) is 1.72. The maximum atomic E-state index is 3.56. The van der Waals surface area contributed by atoms with Gasteiger partial charge in [-0.15, -0.1) is 0 Å². The van der Waals surface area contributed by atoms with Gasteiger partial charge >= 0.3 is 0 Å². The lowest BCUT2D eigenvalue weighted by molar-refractivity contribution is 0.367. The van der Waals surface area contributed by atoms with E-state index >= 15 is 0 Å². The van der Waals surface area contributed by atoms with Crippen LogP contribution in [0.3, 0.4) is 0 Å². The van der Waals surface area contributed by atoms with Gasteiger partial charge in [0.05, 0.1) is 0 Å². The summed E-state index contributed by atoms with van der Waals surface area (Å²) in [4.78, 5) is 0. The molecule has 60 valence electrons. The molecule has 0 radical (unpaired) electrons. The standard InChI is InChI=1S/C9H19N/c1-3-8(4-2)9-6-5-7-10-9/h8-10H,3-7H2,1-2H3/t9-/m1/s1. The molecule has 0 spiro atoms. The molecule has 0 aliphatic carbocycles. The largest absolute Gasteiger partial charge is 0.314 e. The summed E-state index contributed by atoms with van der Waals surface area (Å²) in [5.41, 5.74) is 0. The lowest BCUT2D eigenvalue weighted by atomic mass is 9.93. The minimum atomic E-state index is 0.843. The highest BCUT2D eigenvalue weighted by molar-refractivity contribution is 4.79. The van der Waals surface area contributed by atoms with Crippen molar-refractivity contribution in [1.29, 1.82) is 0 Å². The van der Waals surface area contributed by atoms with Gasteiger partial charge in [-0.3, -0.25) is 0 Å². The molecule has 0 saturated carbocycles. The first-order chi connectivity index (χ1) is 4.88. The summed E-state index contributed by atoms with van der Waals surface area (Å²) in [7, 11) is 0. The summed E-state index contributed by atoms with van der Waals surface area (Å²) >= 11 is 0. The number of hydrogen-bond donors (Lipinski definition) is 1. The fraction of sp³-hybridized carbons (Fsp3) is 1.00. The zero-order chi connectivity index (χ0) is 7.40. The minimum absolute atomic E-state index is 0.843. The molecule has 0 unspecified atom stereocenters. The van der Waals surface area contributed by atoms with E-state index in [0.29, 0.717) is 0 Å². The Kier molecular flexibility index (Phi) is 3.20. The Balaban J connectivity index is 2.29. The SMILES string of the molecule is CCC(CC)[C@H]1CCCN1. The summed E-state index contributed by atoms with van der Waals surface area (Å²) < 4.78 is 0. The monoisotopic (exact) mass is 141 g/mol. The maximum Gasteiger partial charge on any atom is 0.00955 e. The summed E-state index contributed by atoms with van der Waals surface area (Å²) in [6, 6.07) is 0.843. The Bertz CT molecular complexity index is 80.7.